The van der Waals surface area contributed by atoms with Crippen LogP contribution in [0.2, 0.25) is 0 Å². The van der Waals surface area contributed by atoms with Gasteiger partial charge in [0.1, 0.15) is 12.7 Å². The van der Waals surface area contributed by atoms with Crippen LogP contribution in [0.1, 0.15) is 18.5 Å². The van der Waals surface area contributed by atoms with Gasteiger partial charge < -0.3 is 4.85 Å². The Kier molecular flexibility index (Phi) is 2.42. The first-order valence-corrected chi connectivity index (χ1v) is 4.49. The molecule has 0 radical (unpaired) electrons. The molecule has 0 aliphatic carbocycles. The van der Waals surface area contributed by atoms with Crippen molar-refractivity contribution in [2.24, 2.45) is 0 Å². The van der Waals surface area contributed by atoms with Crippen LogP contribution in [0.15, 0.2) is 31.0 Å². The van der Waals surface area contributed by atoms with E-state index >= 15 is 0 Å². The van der Waals surface area contributed by atoms with Gasteiger partial charge in [-0.1, -0.05) is 0 Å². The first-order valence-electron chi connectivity index (χ1n) is 4.49. The van der Waals surface area contributed by atoms with Crippen molar-refractivity contribution in [3.63, 3.8) is 0 Å². The zero-order valence-electron chi connectivity index (χ0n) is 8.20. The van der Waals surface area contributed by atoms with Gasteiger partial charge >= 0.3 is 0 Å². The highest BCUT2D eigenvalue weighted by Gasteiger charge is 2.08. The Balaban J connectivity index is 2.30. The lowest BCUT2D eigenvalue weighted by molar-refractivity contribution is 0.836. The van der Waals surface area contributed by atoms with Gasteiger partial charge in [0.2, 0.25) is 6.04 Å². The van der Waals surface area contributed by atoms with Gasteiger partial charge in [0.05, 0.1) is 5.56 Å². The van der Waals surface area contributed by atoms with Crippen LogP contribution >= 0.6 is 0 Å². The van der Waals surface area contributed by atoms with E-state index in [0.29, 0.717) is 5.82 Å². The smallest absolute Gasteiger partial charge is 0.247 e. The summed E-state index contributed by atoms with van der Waals surface area (Å²) in [6.07, 6.45) is 4.73. The van der Waals surface area contributed by atoms with Gasteiger partial charge in [-0.3, -0.25) is 0 Å². The van der Waals surface area contributed by atoms with Gasteiger partial charge in [-0.05, 0) is 12.1 Å². The second-order valence-electron chi connectivity index (χ2n) is 3.09. The molecule has 1 atom stereocenters. The fraction of sp³-hybridized carbons (Fsp3) is 0.200. The molecular formula is C10H9N5. The molecule has 15 heavy (non-hydrogen) atoms. The lowest BCUT2D eigenvalue weighted by atomic mass is 10.1. The normalized spacial score (nSPS) is 12.0. The van der Waals surface area contributed by atoms with Gasteiger partial charge in [-0.2, -0.15) is 5.10 Å². The molecule has 0 aliphatic rings. The van der Waals surface area contributed by atoms with E-state index < -0.39 is 0 Å². The van der Waals surface area contributed by atoms with Gasteiger partial charge in [0.15, 0.2) is 5.82 Å². The summed E-state index contributed by atoms with van der Waals surface area (Å²) in [4.78, 5) is 11.5. The average molecular weight is 199 g/mol. The van der Waals surface area contributed by atoms with Crippen LogP contribution < -0.4 is 0 Å². The Morgan fingerprint density at radius 2 is 2.33 bits per heavy atom. The standard InChI is InChI=1S/C10H9N5/c1-8(11-2)9-3-4-10(13-5-9)15-7-12-6-14-15/h3-8H,1H3. The van der Waals surface area contributed by atoms with Gasteiger partial charge in [0.25, 0.3) is 0 Å². The summed E-state index contributed by atoms with van der Waals surface area (Å²) < 4.78 is 1.58. The maximum Gasteiger partial charge on any atom is 0.247 e. The molecule has 2 rings (SSSR count). The van der Waals surface area contributed by atoms with Crippen molar-refractivity contribution in [2.45, 2.75) is 13.0 Å². The molecule has 2 aromatic rings. The topological polar surface area (TPSA) is 48.0 Å². The van der Waals surface area contributed by atoms with E-state index in [1.165, 1.54) is 6.33 Å². The van der Waals surface area contributed by atoms with E-state index in [4.69, 9.17) is 6.57 Å². The second kappa shape index (κ2) is 3.88. The number of pyridine rings is 1. The minimum Gasteiger partial charge on any atom is -0.309 e. The molecule has 0 N–H and O–H groups in total. The van der Waals surface area contributed by atoms with Crippen LogP contribution in [0.25, 0.3) is 10.7 Å². The Morgan fingerprint density at radius 3 is 2.87 bits per heavy atom. The summed E-state index contributed by atoms with van der Waals surface area (Å²) in [6.45, 7) is 8.76. The summed E-state index contributed by atoms with van der Waals surface area (Å²) in [7, 11) is 0. The molecule has 2 aromatic heterocycles. The van der Waals surface area contributed by atoms with E-state index in [9.17, 15) is 0 Å². The molecule has 0 saturated carbocycles. The highest BCUT2D eigenvalue weighted by Crippen LogP contribution is 2.15. The number of hydrogen-bond acceptors (Lipinski definition) is 3. The third kappa shape index (κ3) is 1.83. The van der Waals surface area contributed by atoms with E-state index in [1.807, 2.05) is 19.1 Å². The monoisotopic (exact) mass is 199 g/mol. The number of rotatable bonds is 2. The lowest BCUT2D eigenvalue weighted by Crippen LogP contribution is -1.98. The second-order valence-corrected chi connectivity index (χ2v) is 3.09. The highest BCUT2D eigenvalue weighted by atomic mass is 15.3. The fourth-order valence-corrected chi connectivity index (χ4v) is 1.18. The number of hydrogen-bond donors (Lipinski definition) is 0. The molecule has 1 unspecified atom stereocenters. The predicted molar refractivity (Wildman–Crippen MR) is 54.2 cm³/mol. The third-order valence-electron chi connectivity index (χ3n) is 2.10. The molecule has 74 valence electrons. The minimum absolute atomic E-state index is 0.151. The van der Waals surface area contributed by atoms with E-state index in [2.05, 4.69) is 19.9 Å². The van der Waals surface area contributed by atoms with Crippen molar-refractivity contribution in [1.29, 1.82) is 0 Å². The predicted octanol–water partition coefficient (Wildman–Crippen LogP) is 1.64. The van der Waals surface area contributed by atoms with E-state index in [-0.39, 0.29) is 6.04 Å². The quantitative estimate of drug-likeness (QED) is 0.691. The summed E-state index contributed by atoms with van der Waals surface area (Å²) >= 11 is 0. The Hall–Kier alpha value is -2.22. The van der Waals surface area contributed by atoms with Gasteiger partial charge in [-0.15, -0.1) is 0 Å². The van der Waals surface area contributed by atoms with Crippen molar-refractivity contribution in [2.75, 3.05) is 0 Å². The van der Waals surface area contributed by atoms with Crippen LogP contribution in [0.3, 0.4) is 0 Å². The molecule has 0 aromatic carbocycles. The zero-order valence-corrected chi connectivity index (χ0v) is 8.20. The van der Waals surface area contributed by atoms with Crippen molar-refractivity contribution in [3.05, 3.63) is 48.0 Å². The first kappa shape index (κ1) is 9.34. The summed E-state index contributed by atoms with van der Waals surface area (Å²) in [5.74, 6) is 0.702. The molecule has 0 aliphatic heterocycles. The summed E-state index contributed by atoms with van der Waals surface area (Å²) in [5, 5.41) is 3.96. The van der Waals surface area contributed by atoms with Crippen LogP contribution in [-0.2, 0) is 0 Å². The molecule has 0 saturated heterocycles. The number of nitrogens with zero attached hydrogens (tertiary/aromatic N) is 5. The molecule has 2 heterocycles. The lowest BCUT2D eigenvalue weighted by Gasteiger charge is -2.01. The van der Waals surface area contributed by atoms with Crippen molar-refractivity contribution in [3.8, 4) is 5.82 Å². The van der Waals surface area contributed by atoms with Crippen molar-refractivity contribution < 1.29 is 0 Å². The van der Waals surface area contributed by atoms with Crippen molar-refractivity contribution >= 4 is 0 Å². The largest absolute Gasteiger partial charge is 0.309 e. The van der Waals surface area contributed by atoms with Crippen LogP contribution in [0.4, 0.5) is 0 Å². The Labute approximate surface area is 87.2 Å². The maximum absolute atomic E-state index is 6.91. The van der Waals surface area contributed by atoms with Crippen molar-refractivity contribution in [1.82, 2.24) is 19.7 Å². The molecule has 0 amide bonds. The first-order chi connectivity index (χ1) is 7.31. The van der Waals surface area contributed by atoms with Gasteiger partial charge in [-0.25, -0.2) is 21.2 Å². The third-order valence-corrected chi connectivity index (χ3v) is 2.10. The molecule has 0 fully saturated rings. The molecule has 0 spiro atoms. The van der Waals surface area contributed by atoms with Crippen LogP contribution in [0, 0.1) is 6.57 Å². The SMILES string of the molecule is [C-]#[N+]C(C)c1ccc(-n2cncn2)nc1. The highest BCUT2D eigenvalue weighted by molar-refractivity contribution is 5.26. The maximum atomic E-state index is 6.91. The van der Waals surface area contributed by atoms with E-state index in [1.54, 1.807) is 17.2 Å². The molecule has 0 bridgehead atoms. The fourth-order valence-electron chi connectivity index (χ4n) is 1.18. The van der Waals surface area contributed by atoms with Crippen LogP contribution in [-0.4, -0.2) is 19.7 Å². The molecular weight excluding hydrogens is 190 g/mol. The zero-order chi connectivity index (χ0) is 10.7. The van der Waals surface area contributed by atoms with Gasteiger partial charge in [0, 0.05) is 13.1 Å². The Bertz CT molecular complexity index is 466. The van der Waals surface area contributed by atoms with E-state index in [0.717, 1.165) is 5.56 Å². The average Bonchev–Trinajstić information content (AvgIpc) is 2.82. The summed E-state index contributed by atoms with van der Waals surface area (Å²) in [5.41, 5.74) is 0.911. The Morgan fingerprint density at radius 1 is 1.47 bits per heavy atom. The molecule has 5 heteroatoms. The summed E-state index contributed by atoms with van der Waals surface area (Å²) in [6, 6.07) is 3.56. The van der Waals surface area contributed by atoms with Crippen LogP contribution in [0.5, 0.6) is 0 Å². The minimum atomic E-state index is -0.151. The number of aromatic nitrogens is 4. The molecule has 5 nitrogen and oxygen atoms in total.